The van der Waals surface area contributed by atoms with Crippen LogP contribution in [-0.2, 0) is 65.4 Å². The van der Waals surface area contributed by atoms with Gasteiger partial charge in [-0.2, -0.15) is 0 Å². The SMILES string of the molecule is CCCCCCCCCCCCCCCCCCCCCC(=O)O[C@H](COC(=O)CCCCCCCCCCCCC(C)CC)COP(=O)(O)OC[C@@H](O)COP(=O)(O)OC[C@@H](COC(=O)CCCCCCCCCCCCC)OC(=O)CCCCCCCCCCC(C)CC. The number of esters is 4. The van der Waals surface area contributed by atoms with Crippen LogP contribution in [-0.4, -0.2) is 96.7 Å². The van der Waals surface area contributed by atoms with Gasteiger partial charge in [-0.25, -0.2) is 9.13 Å². The smallest absolute Gasteiger partial charge is 0.462 e. The summed E-state index contributed by atoms with van der Waals surface area (Å²) in [6.07, 6.45) is 56.7. The van der Waals surface area contributed by atoms with Crippen molar-refractivity contribution in [3.63, 3.8) is 0 Å². The maximum absolute atomic E-state index is 13.1. The van der Waals surface area contributed by atoms with Gasteiger partial charge in [0.05, 0.1) is 26.4 Å². The number of carbonyl (C=O) groups excluding carboxylic acids is 4. The molecule has 0 aromatic carbocycles. The fourth-order valence-corrected chi connectivity index (χ4v) is 13.3. The Bertz CT molecular complexity index is 1860. The lowest BCUT2D eigenvalue weighted by Gasteiger charge is -2.21. The molecular weight excluding hydrogens is 1260 g/mol. The second kappa shape index (κ2) is 68.8. The molecule has 0 aliphatic carbocycles. The number of aliphatic hydroxyl groups is 1. The van der Waals surface area contributed by atoms with Crippen molar-refractivity contribution < 1.29 is 80.2 Å². The number of hydrogen-bond acceptors (Lipinski definition) is 15. The molecule has 0 saturated carbocycles. The van der Waals surface area contributed by atoms with E-state index in [-0.39, 0.29) is 25.7 Å². The largest absolute Gasteiger partial charge is 0.472 e. The third kappa shape index (κ3) is 67.9. The van der Waals surface area contributed by atoms with Crippen LogP contribution in [0.1, 0.15) is 401 Å². The van der Waals surface area contributed by atoms with E-state index in [1.807, 2.05) is 0 Å². The predicted molar refractivity (Wildman–Crippen MR) is 391 cm³/mol. The molecule has 7 atom stereocenters. The number of ether oxygens (including phenoxy) is 4. The Balaban J connectivity index is 5.24. The van der Waals surface area contributed by atoms with Gasteiger partial charge in [-0.05, 0) is 37.5 Å². The molecule has 0 bridgehead atoms. The average molecular weight is 1410 g/mol. The Morgan fingerprint density at radius 1 is 0.292 bits per heavy atom. The van der Waals surface area contributed by atoms with E-state index in [1.165, 1.54) is 218 Å². The standard InChI is InChI=1S/C77H150O17P2/c1-7-11-13-15-17-19-21-22-23-24-25-26-27-28-30-36-43-49-55-61-76(81)93-72(65-88-75(80)60-54-48-42-35-32-31-33-39-45-51-57-69(5)9-3)67-91-95(83,84)89-63-71(78)64-90-96(85,86)92-68-73(66-87-74(79)59-53-47-41-34-29-20-18-16-14-12-8-2)94-77(82)62-56-50-44-38-37-40-46-52-58-70(6)10-4/h69-73,78H,7-68H2,1-6H3,(H,83,84)(H,85,86)/t69?,70?,71-,72-,73-/m1/s1. The highest BCUT2D eigenvalue weighted by Gasteiger charge is 2.30. The van der Waals surface area contributed by atoms with Gasteiger partial charge in [0.2, 0.25) is 0 Å². The normalized spacial score (nSPS) is 14.6. The van der Waals surface area contributed by atoms with Crippen LogP contribution in [0.3, 0.4) is 0 Å². The zero-order chi connectivity index (χ0) is 70.7. The van der Waals surface area contributed by atoms with Crippen LogP contribution in [0.2, 0.25) is 0 Å². The fraction of sp³-hybridized carbons (Fsp3) is 0.948. The van der Waals surface area contributed by atoms with Gasteiger partial charge < -0.3 is 33.8 Å². The summed E-state index contributed by atoms with van der Waals surface area (Å²) >= 11 is 0. The number of rotatable bonds is 76. The first-order valence-corrected chi connectivity index (χ1v) is 43.1. The van der Waals surface area contributed by atoms with Crippen molar-refractivity contribution in [2.24, 2.45) is 11.8 Å². The molecule has 0 aromatic rings. The van der Waals surface area contributed by atoms with Crippen molar-refractivity contribution in [1.82, 2.24) is 0 Å². The molecule has 96 heavy (non-hydrogen) atoms. The quantitative estimate of drug-likeness (QED) is 0.0222. The Morgan fingerprint density at radius 3 is 0.740 bits per heavy atom. The zero-order valence-corrected chi connectivity index (χ0v) is 64.5. The molecule has 0 radical (unpaired) electrons. The summed E-state index contributed by atoms with van der Waals surface area (Å²) < 4.78 is 68.6. The first-order chi connectivity index (χ1) is 46.4. The molecule has 19 heteroatoms. The van der Waals surface area contributed by atoms with Crippen LogP contribution in [0.15, 0.2) is 0 Å². The molecule has 0 rings (SSSR count). The molecule has 0 amide bonds. The van der Waals surface area contributed by atoms with Crippen molar-refractivity contribution in [2.75, 3.05) is 39.6 Å². The van der Waals surface area contributed by atoms with Crippen molar-refractivity contribution in [2.45, 2.75) is 419 Å². The van der Waals surface area contributed by atoms with Crippen LogP contribution in [0.5, 0.6) is 0 Å². The summed E-state index contributed by atoms with van der Waals surface area (Å²) in [6.45, 7) is 9.63. The predicted octanol–water partition coefficient (Wildman–Crippen LogP) is 22.7. The summed E-state index contributed by atoms with van der Waals surface area (Å²) in [4.78, 5) is 72.9. The van der Waals surface area contributed by atoms with E-state index in [4.69, 9.17) is 37.0 Å². The minimum Gasteiger partial charge on any atom is -0.462 e. The summed E-state index contributed by atoms with van der Waals surface area (Å²) in [7, 11) is -9.91. The van der Waals surface area contributed by atoms with E-state index in [9.17, 15) is 43.2 Å². The van der Waals surface area contributed by atoms with E-state index in [0.29, 0.717) is 25.7 Å². The van der Waals surface area contributed by atoms with Gasteiger partial charge >= 0.3 is 39.5 Å². The number of hydrogen-bond donors (Lipinski definition) is 3. The third-order valence-corrected chi connectivity index (χ3v) is 20.6. The maximum atomic E-state index is 13.1. The van der Waals surface area contributed by atoms with E-state index >= 15 is 0 Å². The van der Waals surface area contributed by atoms with Gasteiger partial charge in [-0.15, -0.1) is 0 Å². The average Bonchev–Trinajstić information content (AvgIpc) is 1.93. The molecule has 570 valence electrons. The fourth-order valence-electron chi connectivity index (χ4n) is 11.8. The maximum Gasteiger partial charge on any atom is 0.472 e. The van der Waals surface area contributed by atoms with Crippen LogP contribution in [0.4, 0.5) is 0 Å². The minimum atomic E-state index is -4.96. The van der Waals surface area contributed by atoms with E-state index in [2.05, 4.69) is 41.5 Å². The lowest BCUT2D eigenvalue weighted by atomic mass is 9.99. The number of unbranched alkanes of at least 4 members (excludes halogenated alkanes) is 44. The molecular formula is C77H150O17P2. The Hall–Kier alpha value is -1.94. The van der Waals surface area contributed by atoms with Crippen LogP contribution in [0, 0.1) is 11.8 Å². The number of carbonyl (C=O) groups is 4. The molecule has 17 nitrogen and oxygen atoms in total. The van der Waals surface area contributed by atoms with Gasteiger partial charge in [-0.1, -0.05) is 350 Å². The monoisotopic (exact) mass is 1410 g/mol. The van der Waals surface area contributed by atoms with E-state index in [1.54, 1.807) is 0 Å². The molecule has 0 aliphatic heterocycles. The molecule has 0 heterocycles. The van der Waals surface area contributed by atoms with Crippen molar-refractivity contribution in [3.8, 4) is 0 Å². The van der Waals surface area contributed by atoms with Crippen molar-refractivity contribution in [1.29, 1.82) is 0 Å². The molecule has 3 N–H and O–H groups in total. The summed E-state index contributed by atoms with van der Waals surface area (Å²) in [5.74, 6) is -0.536. The van der Waals surface area contributed by atoms with E-state index in [0.717, 1.165) is 102 Å². The molecule has 0 spiro atoms. The second-order valence-electron chi connectivity index (χ2n) is 28.2. The van der Waals surface area contributed by atoms with Gasteiger partial charge in [0.25, 0.3) is 0 Å². The van der Waals surface area contributed by atoms with Crippen molar-refractivity contribution >= 4 is 39.5 Å². The molecule has 0 aliphatic rings. The highest BCUT2D eigenvalue weighted by atomic mass is 31.2. The van der Waals surface area contributed by atoms with Crippen LogP contribution < -0.4 is 0 Å². The molecule has 0 saturated heterocycles. The Kier molecular flexibility index (Phi) is 67.4. The van der Waals surface area contributed by atoms with Crippen molar-refractivity contribution in [3.05, 3.63) is 0 Å². The first-order valence-electron chi connectivity index (χ1n) is 40.1. The lowest BCUT2D eigenvalue weighted by molar-refractivity contribution is -0.161. The second-order valence-corrected chi connectivity index (χ2v) is 31.1. The molecule has 0 fully saturated rings. The van der Waals surface area contributed by atoms with Gasteiger partial charge in [-0.3, -0.25) is 37.3 Å². The van der Waals surface area contributed by atoms with E-state index < -0.39 is 97.5 Å². The van der Waals surface area contributed by atoms with Gasteiger partial charge in [0, 0.05) is 25.7 Å². The van der Waals surface area contributed by atoms with Crippen LogP contribution >= 0.6 is 15.6 Å². The summed E-state index contributed by atoms with van der Waals surface area (Å²) in [6, 6.07) is 0. The molecule has 4 unspecified atom stereocenters. The minimum absolute atomic E-state index is 0.105. The summed E-state index contributed by atoms with van der Waals surface area (Å²) in [5, 5.41) is 10.6. The number of aliphatic hydroxyl groups excluding tert-OH is 1. The summed E-state index contributed by atoms with van der Waals surface area (Å²) in [5.41, 5.74) is 0. The number of phosphoric ester groups is 2. The van der Waals surface area contributed by atoms with Gasteiger partial charge in [0.1, 0.15) is 19.3 Å². The molecule has 0 aromatic heterocycles. The number of phosphoric acid groups is 2. The third-order valence-electron chi connectivity index (χ3n) is 18.7. The Morgan fingerprint density at radius 2 is 0.500 bits per heavy atom. The zero-order valence-electron chi connectivity index (χ0n) is 62.7. The van der Waals surface area contributed by atoms with Crippen LogP contribution in [0.25, 0.3) is 0 Å². The highest BCUT2D eigenvalue weighted by molar-refractivity contribution is 7.47. The highest BCUT2D eigenvalue weighted by Crippen LogP contribution is 2.45. The first kappa shape index (κ1) is 94.1. The topological polar surface area (TPSA) is 237 Å². The lowest BCUT2D eigenvalue weighted by Crippen LogP contribution is -2.30. The van der Waals surface area contributed by atoms with Gasteiger partial charge in [0.15, 0.2) is 12.2 Å². The Labute approximate surface area is 588 Å².